The number of hydrogen-bond donors (Lipinski definition) is 1. The van der Waals surface area contributed by atoms with E-state index in [1.54, 1.807) is 0 Å². The molecule has 0 aliphatic carbocycles. The van der Waals surface area contributed by atoms with Crippen LogP contribution in [0.1, 0.15) is 22.0 Å². The number of carbonyl (C=O) groups is 1. The molecule has 0 amide bonds. The number of hydrogen-bond acceptors (Lipinski definition) is 3. The van der Waals surface area contributed by atoms with Gasteiger partial charge in [-0.3, -0.25) is 0 Å². The van der Waals surface area contributed by atoms with Crippen molar-refractivity contribution in [3.8, 4) is 0 Å². The van der Waals surface area contributed by atoms with Crippen molar-refractivity contribution in [2.45, 2.75) is 6.10 Å². The fourth-order valence-electron chi connectivity index (χ4n) is 1.14. The Kier molecular flexibility index (Phi) is 3.57. The zero-order chi connectivity index (χ0) is 11.4. The third-order valence-corrected chi connectivity index (χ3v) is 1.96. The van der Waals surface area contributed by atoms with E-state index < -0.39 is 17.9 Å². The standard InChI is InChI=1S/C11H11FO3/c1-3-10(13)8-6-7(11(14)15-2)4-5-9(8)12/h3-6,10,13H,1H2,2H3. The molecule has 0 aromatic heterocycles. The van der Waals surface area contributed by atoms with Crippen LogP contribution in [0.4, 0.5) is 4.39 Å². The van der Waals surface area contributed by atoms with Crippen molar-refractivity contribution >= 4 is 5.97 Å². The van der Waals surface area contributed by atoms with Gasteiger partial charge in [-0.15, -0.1) is 6.58 Å². The lowest BCUT2D eigenvalue weighted by Crippen LogP contribution is -2.05. The lowest BCUT2D eigenvalue weighted by Gasteiger charge is -2.08. The van der Waals surface area contributed by atoms with Gasteiger partial charge in [-0.25, -0.2) is 9.18 Å². The molecule has 1 atom stereocenters. The van der Waals surface area contributed by atoms with Crippen LogP contribution in [0.15, 0.2) is 30.9 Å². The van der Waals surface area contributed by atoms with Crippen LogP contribution in [0.3, 0.4) is 0 Å². The predicted octanol–water partition coefficient (Wildman–Crippen LogP) is 1.83. The first-order valence-electron chi connectivity index (χ1n) is 4.28. The minimum Gasteiger partial charge on any atom is -0.465 e. The van der Waals surface area contributed by atoms with Gasteiger partial charge in [0.2, 0.25) is 0 Å². The van der Waals surface area contributed by atoms with Crippen molar-refractivity contribution in [1.29, 1.82) is 0 Å². The van der Waals surface area contributed by atoms with Gasteiger partial charge in [0, 0.05) is 5.56 Å². The summed E-state index contributed by atoms with van der Waals surface area (Å²) in [5, 5.41) is 9.38. The number of aliphatic hydroxyl groups excluding tert-OH is 1. The van der Waals surface area contributed by atoms with Gasteiger partial charge in [0.05, 0.1) is 18.8 Å². The Morgan fingerprint density at radius 3 is 2.87 bits per heavy atom. The van der Waals surface area contributed by atoms with Crippen LogP contribution in [0, 0.1) is 5.82 Å². The zero-order valence-corrected chi connectivity index (χ0v) is 8.24. The summed E-state index contributed by atoms with van der Waals surface area (Å²) in [6.45, 7) is 3.34. The predicted molar refractivity (Wildman–Crippen MR) is 52.9 cm³/mol. The van der Waals surface area contributed by atoms with Gasteiger partial charge in [0.25, 0.3) is 0 Å². The third-order valence-electron chi connectivity index (χ3n) is 1.96. The highest BCUT2D eigenvalue weighted by atomic mass is 19.1. The fourth-order valence-corrected chi connectivity index (χ4v) is 1.14. The second kappa shape index (κ2) is 4.70. The van der Waals surface area contributed by atoms with Gasteiger partial charge < -0.3 is 9.84 Å². The number of rotatable bonds is 3. The summed E-state index contributed by atoms with van der Waals surface area (Å²) >= 11 is 0. The van der Waals surface area contributed by atoms with Gasteiger partial charge in [0.1, 0.15) is 5.82 Å². The van der Waals surface area contributed by atoms with Crippen LogP contribution < -0.4 is 0 Å². The molecule has 0 aliphatic rings. The second-order valence-electron chi connectivity index (χ2n) is 2.91. The highest BCUT2D eigenvalue weighted by Crippen LogP contribution is 2.19. The summed E-state index contributed by atoms with van der Waals surface area (Å²) in [4.78, 5) is 11.1. The zero-order valence-electron chi connectivity index (χ0n) is 8.24. The van der Waals surface area contributed by atoms with Crippen molar-refractivity contribution in [2.24, 2.45) is 0 Å². The Labute approximate surface area is 86.8 Å². The normalized spacial score (nSPS) is 11.9. The molecule has 0 bridgehead atoms. The Morgan fingerprint density at radius 1 is 1.67 bits per heavy atom. The van der Waals surface area contributed by atoms with Crippen molar-refractivity contribution in [3.63, 3.8) is 0 Å². The Hall–Kier alpha value is -1.68. The van der Waals surface area contributed by atoms with E-state index >= 15 is 0 Å². The lowest BCUT2D eigenvalue weighted by atomic mass is 10.1. The third kappa shape index (κ3) is 2.41. The maximum Gasteiger partial charge on any atom is 0.337 e. The molecule has 1 unspecified atom stereocenters. The number of aliphatic hydroxyl groups is 1. The van der Waals surface area contributed by atoms with Gasteiger partial charge in [-0.1, -0.05) is 6.08 Å². The Bertz CT molecular complexity index is 387. The Morgan fingerprint density at radius 2 is 2.33 bits per heavy atom. The fraction of sp³-hybridized carbons (Fsp3) is 0.182. The first-order valence-corrected chi connectivity index (χ1v) is 4.28. The average Bonchev–Trinajstić information content (AvgIpc) is 2.27. The first-order chi connectivity index (χ1) is 7.10. The van der Waals surface area contributed by atoms with E-state index in [4.69, 9.17) is 0 Å². The number of esters is 1. The molecule has 15 heavy (non-hydrogen) atoms. The SMILES string of the molecule is C=CC(O)c1cc(C(=O)OC)ccc1F. The number of methoxy groups -OCH3 is 1. The summed E-state index contributed by atoms with van der Waals surface area (Å²) in [5.74, 6) is -1.16. The molecule has 0 aliphatic heterocycles. The van der Waals surface area contributed by atoms with Crippen LogP contribution >= 0.6 is 0 Å². The molecule has 3 nitrogen and oxygen atoms in total. The number of carbonyl (C=O) groups excluding carboxylic acids is 1. The summed E-state index contributed by atoms with van der Waals surface area (Å²) in [6, 6.07) is 3.64. The van der Waals surface area contributed by atoms with E-state index in [-0.39, 0.29) is 11.1 Å². The molecule has 0 spiro atoms. The molecule has 1 N–H and O–H groups in total. The van der Waals surface area contributed by atoms with Gasteiger partial charge in [0.15, 0.2) is 0 Å². The maximum atomic E-state index is 13.2. The minimum atomic E-state index is -1.13. The number of benzene rings is 1. The highest BCUT2D eigenvalue weighted by molar-refractivity contribution is 5.89. The topological polar surface area (TPSA) is 46.5 Å². The quantitative estimate of drug-likeness (QED) is 0.611. The first kappa shape index (κ1) is 11.4. The van der Waals surface area contributed by atoms with Crippen molar-refractivity contribution < 1.29 is 19.0 Å². The van der Waals surface area contributed by atoms with E-state index in [2.05, 4.69) is 11.3 Å². The van der Waals surface area contributed by atoms with Crippen LogP contribution in [-0.4, -0.2) is 18.2 Å². The Balaban J connectivity index is 3.16. The second-order valence-corrected chi connectivity index (χ2v) is 2.91. The summed E-state index contributed by atoms with van der Waals surface area (Å²) < 4.78 is 17.7. The van der Waals surface area contributed by atoms with Crippen LogP contribution in [0.2, 0.25) is 0 Å². The molecule has 0 fully saturated rings. The molecule has 1 rings (SSSR count). The molecular formula is C11H11FO3. The van der Waals surface area contributed by atoms with Crippen molar-refractivity contribution in [3.05, 3.63) is 47.8 Å². The molecular weight excluding hydrogens is 199 g/mol. The van der Waals surface area contributed by atoms with E-state index in [1.807, 2.05) is 0 Å². The molecule has 0 radical (unpaired) electrons. The van der Waals surface area contributed by atoms with Crippen LogP contribution in [0.25, 0.3) is 0 Å². The molecule has 0 saturated heterocycles. The molecule has 0 heterocycles. The van der Waals surface area contributed by atoms with Gasteiger partial charge in [-0.2, -0.15) is 0 Å². The highest BCUT2D eigenvalue weighted by Gasteiger charge is 2.13. The number of halogens is 1. The monoisotopic (exact) mass is 210 g/mol. The minimum absolute atomic E-state index is 0.00731. The van der Waals surface area contributed by atoms with Crippen LogP contribution in [-0.2, 0) is 4.74 Å². The van der Waals surface area contributed by atoms with E-state index in [0.29, 0.717) is 0 Å². The molecule has 1 aromatic carbocycles. The molecule has 80 valence electrons. The van der Waals surface area contributed by atoms with Crippen molar-refractivity contribution in [1.82, 2.24) is 0 Å². The lowest BCUT2D eigenvalue weighted by molar-refractivity contribution is 0.0600. The summed E-state index contributed by atoms with van der Waals surface area (Å²) in [7, 11) is 1.23. The average molecular weight is 210 g/mol. The molecule has 4 heteroatoms. The molecule has 0 saturated carbocycles. The maximum absolute atomic E-state index is 13.2. The van der Waals surface area contributed by atoms with Gasteiger partial charge in [-0.05, 0) is 18.2 Å². The van der Waals surface area contributed by atoms with E-state index in [9.17, 15) is 14.3 Å². The van der Waals surface area contributed by atoms with E-state index in [1.165, 1.54) is 25.3 Å². The number of ether oxygens (including phenoxy) is 1. The summed E-state index contributed by atoms with van der Waals surface area (Å²) in [6.07, 6.45) is 0.0500. The molecule has 1 aromatic rings. The largest absolute Gasteiger partial charge is 0.465 e. The summed E-state index contributed by atoms with van der Waals surface area (Å²) in [5.41, 5.74) is 0.197. The van der Waals surface area contributed by atoms with E-state index in [0.717, 1.165) is 6.07 Å². The van der Waals surface area contributed by atoms with Crippen molar-refractivity contribution in [2.75, 3.05) is 7.11 Å². The van der Waals surface area contributed by atoms with Crippen LogP contribution in [0.5, 0.6) is 0 Å². The smallest absolute Gasteiger partial charge is 0.337 e. The van der Waals surface area contributed by atoms with Gasteiger partial charge >= 0.3 is 5.97 Å².